The standard InChI is InChI=1S/C11H22N2/c1-13-8-2-3-11(9-13)10-4-6-12-7-5-10/h10-12H,2-9H2,1H3/t11-/m0/s1. The second-order valence-corrected chi connectivity index (χ2v) is 4.75. The Morgan fingerprint density at radius 3 is 2.54 bits per heavy atom. The lowest BCUT2D eigenvalue weighted by atomic mass is 9.80. The van der Waals surface area contributed by atoms with Crippen LogP contribution in [0, 0.1) is 11.8 Å². The molecule has 0 aliphatic carbocycles. The Balaban J connectivity index is 1.83. The summed E-state index contributed by atoms with van der Waals surface area (Å²) < 4.78 is 0. The fourth-order valence-corrected chi connectivity index (χ4v) is 2.91. The van der Waals surface area contributed by atoms with E-state index in [4.69, 9.17) is 0 Å². The third-order valence-corrected chi connectivity index (χ3v) is 3.71. The monoisotopic (exact) mass is 182 g/mol. The Morgan fingerprint density at radius 1 is 1.08 bits per heavy atom. The van der Waals surface area contributed by atoms with E-state index in [9.17, 15) is 0 Å². The van der Waals surface area contributed by atoms with Crippen LogP contribution in [-0.2, 0) is 0 Å². The van der Waals surface area contributed by atoms with Gasteiger partial charge in [-0.15, -0.1) is 0 Å². The third-order valence-electron chi connectivity index (χ3n) is 3.71. The van der Waals surface area contributed by atoms with Gasteiger partial charge in [0.25, 0.3) is 0 Å². The zero-order chi connectivity index (χ0) is 9.10. The van der Waals surface area contributed by atoms with Crippen LogP contribution in [0.15, 0.2) is 0 Å². The normalized spacial score (nSPS) is 33.5. The van der Waals surface area contributed by atoms with Gasteiger partial charge in [0.15, 0.2) is 0 Å². The van der Waals surface area contributed by atoms with Gasteiger partial charge in [0.05, 0.1) is 0 Å². The number of piperidine rings is 2. The minimum atomic E-state index is 1.00. The van der Waals surface area contributed by atoms with Gasteiger partial charge >= 0.3 is 0 Å². The molecule has 0 unspecified atom stereocenters. The maximum Gasteiger partial charge on any atom is 0.000928 e. The van der Waals surface area contributed by atoms with Crippen LogP contribution in [0.2, 0.25) is 0 Å². The van der Waals surface area contributed by atoms with E-state index >= 15 is 0 Å². The second kappa shape index (κ2) is 4.43. The zero-order valence-electron chi connectivity index (χ0n) is 8.76. The van der Waals surface area contributed by atoms with Crippen molar-refractivity contribution in [2.45, 2.75) is 25.7 Å². The first-order chi connectivity index (χ1) is 6.36. The van der Waals surface area contributed by atoms with Crippen LogP contribution in [-0.4, -0.2) is 38.1 Å². The van der Waals surface area contributed by atoms with Crippen LogP contribution in [0.1, 0.15) is 25.7 Å². The first-order valence-electron chi connectivity index (χ1n) is 5.75. The summed E-state index contributed by atoms with van der Waals surface area (Å²) in [6, 6.07) is 0. The molecule has 2 nitrogen and oxygen atoms in total. The molecule has 1 N–H and O–H groups in total. The molecule has 0 aromatic carbocycles. The van der Waals surface area contributed by atoms with Crippen molar-refractivity contribution in [2.24, 2.45) is 11.8 Å². The highest BCUT2D eigenvalue weighted by molar-refractivity contribution is 4.80. The number of nitrogens with one attached hydrogen (secondary N) is 1. The molecule has 13 heavy (non-hydrogen) atoms. The molecule has 0 spiro atoms. The summed E-state index contributed by atoms with van der Waals surface area (Å²) >= 11 is 0. The minimum Gasteiger partial charge on any atom is -0.317 e. The molecule has 2 saturated heterocycles. The molecule has 0 radical (unpaired) electrons. The van der Waals surface area contributed by atoms with Crippen molar-refractivity contribution in [2.75, 3.05) is 33.2 Å². The van der Waals surface area contributed by atoms with Crippen molar-refractivity contribution in [1.29, 1.82) is 0 Å². The minimum absolute atomic E-state index is 1.00. The largest absolute Gasteiger partial charge is 0.317 e. The van der Waals surface area contributed by atoms with Gasteiger partial charge in [-0.05, 0) is 64.2 Å². The number of rotatable bonds is 1. The van der Waals surface area contributed by atoms with Crippen LogP contribution >= 0.6 is 0 Å². The fourth-order valence-electron chi connectivity index (χ4n) is 2.91. The van der Waals surface area contributed by atoms with Gasteiger partial charge in [0, 0.05) is 6.54 Å². The summed E-state index contributed by atoms with van der Waals surface area (Å²) in [5.41, 5.74) is 0. The van der Waals surface area contributed by atoms with Crippen LogP contribution in [0.4, 0.5) is 0 Å². The topological polar surface area (TPSA) is 15.3 Å². The van der Waals surface area contributed by atoms with Crippen LogP contribution < -0.4 is 5.32 Å². The molecule has 0 aromatic heterocycles. The zero-order valence-corrected chi connectivity index (χ0v) is 8.76. The lowest BCUT2D eigenvalue weighted by molar-refractivity contribution is 0.138. The van der Waals surface area contributed by atoms with Crippen LogP contribution in [0.3, 0.4) is 0 Å². The van der Waals surface area contributed by atoms with E-state index in [-0.39, 0.29) is 0 Å². The first kappa shape index (κ1) is 9.47. The van der Waals surface area contributed by atoms with Crippen molar-refractivity contribution >= 4 is 0 Å². The molecule has 2 heteroatoms. The van der Waals surface area contributed by atoms with E-state index in [2.05, 4.69) is 17.3 Å². The number of nitrogens with zero attached hydrogens (tertiary/aromatic N) is 1. The molecule has 1 atom stereocenters. The molecule has 2 aliphatic rings. The van der Waals surface area contributed by atoms with Crippen LogP contribution in [0.25, 0.3) is 0 Å². The summed E-state index contributed by atoms with van der Waals surface area (Å²) in [6.07, 6.45) is 5.73. The lowest BCUT2D eigenvalue weighted by Crippen LogP contribution is -2.39. The molecule has 2 rings (SSSR count). The van der Waals surface area contributed by atoms with Gasteiger partial charge < -0.3 is 10.2 Å². The Labute approximate surface area is 81.7 Å². The summed E-state index contributed by atoms with van der Waals surface area (Å²) in [4.78, 5) is 2.51. The van der Waals surface area contributed by atoms with Crippen molar-refractivity contribution in [3.63, 3.8) is 0 Å². The molecule has 0 bridgehead atoms. The number of hydrogen-bond donors (Lipinski definition) is 1. The average molecular weight is 182 g/mol. The molecule has 2 heterocycles. The van der Waals surface area contributed by atoms with E-state index in [1.54, 1.807) is 0 Å². The van der Waals surface area contributed by atoms with E-state index in [1.807, 2.05) is 0 Å². The molecular weight excluding hydrogens is 160 g/mol. The quantitative estimate of drug-likeness (QED) is 0.658. The predicted molar refractivity (Wildman–Crippen MR) is 55.8 cm³/mol. The molecule has 2 fully saturated rings. The fraction of sp³-hybridized carbons (Fsp3) is 1.00. The number of hydrogen-bond acceptors (Lipinski definition) is 2. The highest BCUT2D eigenvalue weighted by atomic mass is 15.1. The number of likely N-dealkylation sites (tertiary alicyclic amines) is 1. The molecular formula is C11H22N2. The Kier molecular flexibility index (Phi) is 3.23. The van der Waals surface area contributed by atoms with Crippen LogP contribution in [0.5, 0.6) is 0 Å². The van der Waals surface area contributed by atoms with E-state index < -0.39 is 0 Å². The van der Waals surface area contributed by atoms with E-state index in [0.717, 1.165) is 11.8 Å². The van der Waals surface area contributed by atoms with Gasteiger partial charge in [-0.25, -0.2) is 0 Å². The third kappa shape index (κ3) is 2.44. The highest BCUT2D eigenvalue weighted by Crippen LogP contribution is 2.28. The van der Waals surface area contributed by atoms with Crippen molar-refractivity contribution in [3.05, 3.63) is 0 Å². The van der Waals surface area contributed by atoms with Gasteiger partial charge in [-0.2, -0.15) is 0 Å². The highest BCUT2D eigenvalue weighted by Gasteiger charge is 2.26. The summed E-state index contributed by atoms with van der Waals surface area (Å²) in [6.45, 7) is 5.18. The molecule has 0 aromatic rings. The maximum absolute atomic E-state index is 3.45. The lowest BCUT2D eigenvalue weighted by Gasteiger charge is -2.37. The summed E-state index contributed by atoms with van der Waals surface area (Å²) in [5, 5.41) is 3.45. The Hall–Kier alpha value is -0.0800. The maximum atomic E-state index is 3.45. The Bertz CT molecular complexity index is 152. The second-order valence-electron chi connectivity index (χ2n) is 4.75. The molecule has 76 valence electrons. The van der Waals surface area contributed by atoms with Crippen molar-refractivity contribution in [1.82, 2.24) is 10.2 Å². The molecule has 0 amide bonds. The SMILES string of the molecule is CN1CCC[C@H](C2CCNCC2)C1. The smallest absolute Gasteiger partial charge is 0.000928 e. The molecule has 0 saturated carbocycles. The van der Waals surface area contributed by atoms with Gasteiger partial charge in [0.1, 0.15) is 0 Å². The van der Waals surface area contributed by atoms with Crippen molar-refractivity contribution in [3.8, 4) is 0 Å². The van der Waals surface area contributed by atoms with Gasteiger partial charge in [-0.1, -0.05) is 0 Å². The predicted octanol–water partition coefficient (Wildman–Crippen LogP) is 1.33. The average Bonchev–Trinajstić information content (AvgIpc) is 2.19. The summed E-state index contributed by atoms with van der Waals surface area (Å²) in [7, 11) is 2.27. The first-order valence-corrected chi connectivity index (χ1v) is 5.75. The van der Waals surface area contributed by atoms with Gasteiger partial charge in [0.2, 0.25) is 0 Å². The Morgan fingerprint density at radius 2 is 1.85 bits per heavy atom. The van der Waals surface area contributed by atoms with E-state index in [0.29, 0.717) is 0 Å². The van der Waals surface area contributed by atoms with Gasteiger partial charge in [-0.3, -0.25) is 0 Å². The summed E-state index contributed by atoms with van der Waals surface area (Å²) in [5.74, 6) is 2.02. The molecule has 2 aliphatic heterocycles. The van der Waals surface area contributed by atoms with Crippen molar-refractivity contribution < 1.29 is 0 Å². The van der Waals surface area contributed by atoms with E-state index in [1.165, 1.54) is 51.9 Å².